The molecule has 0 saturated carbocycles. The van der Waals surface area contributed by atoms with E-state index in [1.807, 2.05) is 23.1 Å². The molecule has 1 aromatic carbocycles. The maximum atomic E-state index is 11.7. The van der Waals surface area contributed by atoms with E-state index >= 15 is 0 Å². The van der Waals surface area contributed by atoms with E-state index in [2.05, 4.69) is 0 Å². The van der Waals surface area contributed by atoms with Gasteiger partial charge in [-0.25, -0.2) is 0 Å². The van der Waals surface area contributed by atoms with Gasteiger partial charge in [-0.1, -0.05) is 11.6 Å². The third-order valence-electron chi connectivity index (χ3n) is 3.56. The number of nitrogens with two attached hydrogens (primary N) is 1. The summed E-state index contributed by atoms with van der Waals surface area (Å²) in [4.78, 5) is 13.6. The molecule has 0 saturated heterocycles. The number of carbonyl (C=O) groups is 1. The fourth-order valence-electron chi connectivity index (χ4n) is 2.64. The molecule has 0 fully saturated rings. The summed E-state index contributed by atoms with van der Waals surface area (Å²) in [6.45, 7) is 3.08. The van der Waals surface area contributed by atoms with Crippen LogP contribution in [-0.2, 0) is 11.2 Å². The first kappa shape index (κ1) is 13.4. The predicted molar refractivity (Wildman–Crippen MR) is 75.0 cm³/mol. The Morgan fingerprint density at radius 3 is 3.00 bits per heavy atom. The minimum Gasteiger partial charge on any atom is -0.330 e. The zero-order chi connectivity index (χ0) is 13.1. The van der Waals surface area contributed by atoms with Crippen molar-refractivity contribution in [2.75, 3.05) is 18.0 Å². The Kier molecular flexibility index (Phi) is 4.25. The zero-order valence-corrected chi connectivity index (χ0v) is 11.4. The monoisotopic (exact) mass is 266 g/mol. The maximum Gasteiger partial charge on any atom is 0.223 e. The molecule has 2 N–H and O–H groups in total. The first-order valence-corrected chi connectivity index (χ1v) is 6.76. The Labute approximate surface area is 113 Å². The number of amides is 1. The molecule has 0 aromatic heterocycles. The number of anilines is 1. The predicted octanol–water partition coefficient (Wildman–Crippen LogP) is 2.60. The lowest BCUT2D eigenvalue weighted by atomic mass is 9.94. The average Bonchev–Trinajstić information content (AvgIpc) is 2.48. The van der Waals surface area contributed by atoms with Gasteiger partial charge in [-0.05, 0) is 55.5 Å². The largest absolute Gasteiger partial charge is 0.330 e. The average molecular weight is 267 g/mol. The van der Waals surface area contributed by atoms with Gasteiger partial charge in [0.25, 0.3) is 0 Å². The highest BCUT2D eigenvalue weighted by Crippen LogP contribution is 2.32. The Hall–Kier alpha value is -1.06. The molecular weight excluding hydrogens is 248 g/mol. The van der Waals surface area contributed by atoms with Gasteiger partial charge in [0.05, 0.1) is 0 Å². The molecule has 2 rings (SSSR count). The van der Waals surface area contributed by atoms with Crippen LogP contribution in [0.5, 0.6) is 0 Å². The van der Waals surface area contributed by atoms with Crippen LogP contribution in [0.4, 0.5) is 5.69 Å². The van der Waals surface area contributed by atoms with Crippen molar-refractivity contribution in [1.82, 2.24) is 0 Å². The van der Waals surface area contributed by atoms with E-state index in [9.17, 15) is 4.79 Å². The van der Waals surface area contributed by atoms with Gasteiger partial charge >= 0.3 is 0 Å². The highest BCUT2D eigenvalue weighted by molar-refractivity contribution is 6.30. The molecule has 0 radical (unpaired) electrons. The molecule has 1 unspecified atom stereocenters. The van der Waals surface area contributed by atoms with Gasteiger partial charge in [0, 0.05) is 24.2 Å². The summed E-state index contributed by atoms with van der Waals surface area (Å²) in [5.41, 5.74) is 7.81. The van der Waals surface area contributed by atoms with Crippen molar-refractivity contribution in [2.45, 2.75) is 26.2 Å². The second kappa shape index (κ2) is 5.72. The van der Waals surface area contributed by atoms with Crippen LogP contribution < -0.4 is 10.6 Å². The first-order valence-electron chi connectivity index (χ1n) is 6.38. The van der Waals surface area contributed by atoms with Crippen LogP contribution in [0, 0.1) is 5.92 Å². The molecule has 98 valence electrons. The molecule has 1 aromatic rings. The van der Waals surface area contributed by atoms with Crippen molar-refractivity contribution >= 4 is 23.2 Å². The van der Waals surface area contributed by atoms with Crippen molar-refractivity contribution in [3.8, 4) is 0 Å². The fraction of sp³-hybridized carbons (Fsp3) is 0.500. The molecule has 18 heavy (non-hydrogen) atoms. The van der Waals surface area contributed by atoms with Gasteiger partial charge < -0.3 is 10.6 Å². The van der Waals surface area contributed by atoms with Crippen molar-refractivity contribution < 1.29 is 4.79 Å². The Bertz CT molecular complexity index is 447. The van der Waals surface area contributed by atoms with Crippen molar-refractivity contribution in [3.63, 3.8) is 0 Å². The maximum absolute atomic E-state index is 11.7. The van der Waals surface area contributed by atoms with Gasteiger partial charge in [-0.15, -0.1) is 0 Å². The van der Waals surface area contributed by atoms with Crippen LogP contribution in [0.2, 0.25) is 5.02 Å². The number of hydrogen-bond donors (Lipinski definition) is 1. The normalized spacial score (nSPS) is 19.3. The van der Waals surface area contributed by atoms with Crippen LogP contribution in [0.15, 0.2) is 18.2 Å². The quantitative estimate of drug-likeness (QED) is 0.894. The number of benzene rings is 1. The second-order valence-corrected chi connectivity index (χ2v) is 5.32. The van der Waals surface area contributed by atoms with Gasteiger partial charge in [0.2, 0.25) is 5.91 Å². The van der Waals surface area contributed by atoms with E-state index in [1.54, 1.807) is 6.92 Å². The topological polar surface area (TPSA) is 46.3 Å². The van der Waals surface area contributed by atoms with Gasteiger partial charge in [0.1, 0.15) is 0 Å². The zero-order valence-electron chi connectivity index (χ0n) is 10.7. The van der Waals surface area contributed by atoms with Crippen LogP contribution in [-0.4, -0.2) is 19.0 Å². The molecule has 1 aliphatic heterocycles. The molecule has 1 amide bonds. The van der Waals surface area contributed by atoms with E-state index in [0.717, 1.165) is 42.1 Å². The lowest BCUT2D eigenvalue weighted by Crippen LogP contribution is -2.29. The minimum atomic E-state index is 0.0898. The third kappa shape index (κ3) is 2.85. The number of rotatable bonds is 2. The van der Waals surface area contributed by atoms with Crippen molar-refractivity contribution in [3.05, 3.63) is 28.8 Å². The van der Waals surface area contributed by atoms with Crippen LogP contribution in [0.3, 0.4) is 0 Å². The SMILES string of the molecule is CC(=O)N1CCC(CCN)Cc2cc(Cl)ccc21. The summed E-state index contributed by atoms with van der Waals surface area (Å²) >= 11 is 6.05. The van der Waals surface area contributed by atoms with Gasteiger partial charge in [-0.2, -0.15) is 0 Å². The summed E-state index contributed by atoms with van der Waals surface area (Å²) in [6.07, 6.45) is 2.96. The number of carbonyl (C=O) groups excluding carboxylic acids is 1. The number of hydrogen-bond acceptors (Lipinski definition) is 2. The van der Waals surface area contributed by atoms with Gasteiger partial charge in [-0.3, -0.25) is 4.79 Å². The van der Waals surface area contributed by atoms with E-state index in [1.165, 1.54) is 0 Å². The summed E-state index contributed by atoms with van der Waals surface area (Å²) in [6, 6.07) is 5.77. The van der Waals surface area contributed by atoms with Crippen LogP contribution in [0.1, 0.15) is 25.3 Å². The highest BCUT2D eigenvalue weighted by atomic mass is 35.5. The molecule has 1 heterocycles. The number of nitrogens with zero attached hydrogens (tertiary/aromatic N) is 1. The standard InChI is InChI=1S/C14H19ClN2O/c1-10(18)17-7-5-11(4-6-16)8-12-9-13(15)2-3-14(12)17/h2-3,9,11H,4-8,16H2,1H3. The fourth-order valence-corrected chi connectivity index (χ4v) is 2.83. The molecule has 3 nitrogen and oxygen atoms in total. The van der Waals surface area contributed by atoms with E-state index in [4.69, 9.17) is 17.3 Å². The Morgan fingerprint density at radius 2 is 2.33 bits per heavy atom. The minimum absolute atomic E-state index is 0.0898. The summed E-state index contributed by atoms with van der Waals surface area (Å²) < 4.78 is 0. The van der Waals surface area contributed by atoms with E-state index < -0.39 is 0 Å². The summed E-state index contributed by atoms with van der Waals surface area (Å²) in [5, 5.41) is 0.727. The first-order chi connectivity index (χ1) is 8.61. The van der Waals surface area contributed by atoms with Gasteiger partial charge in [0.15, 0.2) is 0 Å². The number of halogens is 1. The van der Waals surface area contributed by atoms with Crippen molar-refractivity contribution in [2.24, 2.45) is 11.7 Å². The second-order valence-electron chi connectivity index (χ2n) is 4.88. The molecule has 1 aliphatic rings. The Balaban J connectivity index is 2.35. The molecule has 4 heteroatoms. The third-order valence-corrected chi connectivity index (χ3v) is 3.79. The van der Waals surface area contributed by atoms with E-state index in [0.29, 0.717) is 12.5 Å². The lowest BCUT2D eigenvalue weighted by Gasteiger charge is -2.21. The van der Waals surface area contributed by atoms with Crippen LogP contribution in [0.25, 0.3) is 0 Å². The summed E-state index contributed by atoms with van der Waals surface area (Å²) in [7, 11) is 0. The Morgan fingerprint density at radius 1 is 1.56 bits per heavy atom. The van der Waals surface area contributed by atoms with Crippen LogP contribution >= 0.6 is 11.6 Å². The molecular formula is C14H19ClN2O. The summed E-state index contributed by atoms with van der Waals surface area (Å²) in [5.74, 6) is 0.628. The van der Waals surface area contributed by atoms with E-state index in [-0.39, 0.29) is 5.91 Å². The lowest BCUT2D eigenvalue weighted by molar-refractivity contribution is -0.116. The molecule has 1 atom stereocenters. The molecule has 0 spiro atoms. The molecule has 0 bridgehead atoms. The number of fused-ring (bicyclic) bond motifs is 1. The van der Waals surface area contributed by atoms with Crippen molar-refractivity contribution in [1.29, 1.82) is 0 Å². The highest BCUT2D eigenvalue weighted by Gasteiger charge is 2.23. The molecule has 0 aliphatic carbocycles. The smallest absolute Gasteiger partial charge is 0.223 e.